The molecule has 0 radical (unpaired) electrons. The Balaban J connectivity index is 1.95. The molecular weight excluding hydrogens is 276 g/mol. The van der Waals surface area contributed by atoms with Crippen molar-refractivity contribution in [2.45, 2.75) is 37.0 Å². The molecule has 0 spiro atoms. The molecule has 1 aliphatic rings. The molecular formula is C14H18N2O3S. The van der Waals surface area contributed by atoms with E-state index in [0.717, 1.165) is 25.7 Å². The molecule has 0 unspecified atom stereocenters. The van der Waals surface area contributed by atoms with E-state index in [4.69, 9.17) is 5.11 Å². The smallest absolute Gasteiger partial charge is 0.354 e. The fourth-order valence-electron chi connectivity index (χ4n) is 2.38. The molecule has 6 heteroatoms. The zero-order valence-electron chi connectivity index (χ0n) is 11.3. The Bertz CT molecular complexity index is 499. The van der Waals surface area contributed by atoms with E-state index in [1.165, 1.54) is 18.2 Å². The van der Waals surface area contributed by atoms with Crippen molar-refractivity contribution in [1.29, 1.82) is 0 Å². The highest BCUT2D eigenvalue weighted by Gasteiger charge is 2.22. The van der Waals surface area contributed by atoms with Crippen LogP contribution in [0.5, 0.6) is 0 Å². The largest absolute Gasteiger partial charge is 0.477 e. The number of aromatic nitrogens is 1. The number of nitrogens with zero attached hydrogens (tertiary/aromatic N) is 1. The van der Waals surface area contributed by atoms with Crippen LogP contribution in [0.2, 0.25) is 0 Å². The Labute approximate surface area is 122 Å². The summed E-state index contributed by atoms with van der Waals surface area (Å²) < 4.78 is 0. The highest BCUT2D eigenvalue weighted by molar-refractivity contribution is 7.99. The first-order valence-electron chi connectivity index (χ1n) is 6.64. The van der Waals surface area contributed by atoms with Gasteiger partial charge in [0.15, 0.2) is 0 Å². The van der Waals surface area contributed by atoms with Crippen LogP contribution < -0.4 is 5.32 Å². The second-order valence-corrected chi connectivity index (χ2v) is 6.03. The summed E-state index contributed by atoms with van der Waals surface area (Å²) in [6.07, 6.45) is 6.26. The number of carboxylic acid groups (broad SMARTS) is 1. The van der Waals surface area contributed by atoms with Gasteiger partial charge in [-0.15, -0.1) is 0 Å². The van der Waals surface area contributed by atoms with Crippen LogP contribution in [0.3, 0.4) is 0 Å². The Morgan fingerprint density at radius 1 is 1.25 bits per heavy atom. The average molecular weight is 294 g/mol. The lowest BCUT2D eigenvalue weighted by atomic mass is 9.95. The summed E-state index contributed by atoms with van der Waals surface area (Å²) in [5, 5.41) is 12.5. The SMILES string of the molecule is CSC1CCC(NC(=O)c2cccc(C(=O)O)n2)CC1. The van der Waals surface area contributed by atoms with Gasteiger partial charge in [0.25, 0.3) is 5.91 Å². The predicted octanol–water partition coefficient (Wildman–Crippen LogP) is 2.18. The van der Waals surface area contributed by atoms with Gasteiger partial charge in [0, 0.05) is 11.3 Å². The molecule has 0 aliphatic heterocycles. The lowest BCUT2D eigenvalue weighted by Gasteiger charge is -2.27. The van der Waals surface area contributed by atoms with Crippen molar-refractivity contribution in [3.05, 3.63) is 29.6 Å². The number of rotatable bonds is 4. The standard InChI is InChI=1S/C14H18N2O3S/c1-20-10-7-5-9(6-8-10)15-13(17)11-3-2-4-12(16-11)14(18)19/h2-4,9-10H,5-8H2,1H3,(H,15,17)(H,18,19). The molecule has 0 saturated heterocycles. The second kappa shape index (κ2) is 6.74. The van der Waals surface area contributed by atoms with Crippen molar-refractivity contribution < 1.29 is 14.7 Å². The summed E-state index contributed by atoms with van der Waals surface area (Å²) in [6.45, 7) is 0. The van der Waals surface area contributed by atoms with Crippen molar-refractivity contribution in [1.82, 2.24) is 10.3 Å². The highest BCUT2D eigenvalue weighted by Crippen LogP contribution is 2.26. The minimum atomic E-state index is -1.12. The van der Waals surface area contributed by atoms with Gasteiger partial charge in [-0.1, -0.05) is 6.07 Å². The van der Waals surface area contributed by atoms with Gasteiger partial charge in [-0.25, -0.2) is 9.78 Å². The van der Waals surface area contributed by atoms with Gasteiger partial charge in [0.2, 0.25) is 0 Å². The average Bonchev–Trinajstić information content (AvgIpc) is 2.48. The van der Waals surface area contributed by atoms with Crippen LogP contribution in [0.4, 0.5) is 0 Å². The summed E-state index contributed by atoms with van der Waals surface area (Å²) in [5.74, 6) is -1.42. The minimum absolute atomic E-state index is 0.108. The molecule has 1 aromatic rings. The van der Waals surface area contributed by atoms with Gasteiger partial charge in [0.05, 0.1) is 0 Å². The number of aromatic carboxylic acids is 1. The number of thioether (sulfide) groups is 1. The molecule has 1 saturated carbocycles. The van der Waals surface area contributed by atoms with Gasteiger partial charge in [0.1, 0.15) is 11.4 Å². The van der Waals surface area contributed by atoms with Crippen LogP contribution in [0.1, 0.15) is 46.7 Å². The quantitative estimate of drug-likeness (QED) is 0.890. The molecule has 0 bridgehead atoms. The Morgan fingerprint density at radius 3 is 2.50 bits per heavy atom. The predicted molar refractivity (Wildman–Crippen MR) is 78.2 cm³/mol. The third kappa shape index (κ3) is 3.72. The first-order chi connectivity index (χ1) is 9.60. The van der Waals surface area contributed by atoms with Crippen molar-refractivity contribution in [3.8, 4) is 0 Å². The number of pyridine rings is 1. The Hall–Kier alpha value is -1.56. The van der Waals surface area contributed by atoms with E-state index in [9.17, 15) is 9.59 Å². The first kappa shape index (κ1) is 14.8. The summed E-state index contributed by atoms with van der Waals surface area (Å²) in [6, 6.07) is 4.62. The van der Waals surface area contributed by atoms with E-state index < -0.39 is 5.97 Å². The number of amides is 1. The second-order valence-electron chi connectivity index (χ2n) is 4.90. The molecule has 1 amide bonds. The van der Waals surface area contributed by atoms with Gasteiger partial charge in [-0.05, 0) is 44.1 Å². The van der Waals surface area contributed by atoms with E-state index in [1.54, 1.807) is 0 Å². The highest BCUT2D eigenvalue weighted by atomic mass is 32.2. The van der Waals surface area contributed by atoms with Gasteiger partial charge in [-0.3, -0.25) is 4.79 Å². The molecule has 20 heavy (non-hydrogen) atoms. The van der Waals surface area contributed by atoms with Crippen LogP contribution in [0.25, 0.3) is 0 Å². The van der Waals surface area contributed by atoms with Crippen LogP contribution in [0.15, 0.2) is 18.2 Å². The fourth-order valence-corrected chi connectivity index (χ4v) is 3.13. The molecule has 1 aromatic heterocycles. The lowest BCUT2D eigenvalue weighted by Crippen LogP contribution is -2.38. The number of hydrogen-bond acceptors (Lipinski definition) is 4. The summed E-state index contributed by atoms with van der Waals surface area (Å²) in [4.78, 5) is 26.8. The monoisotopic (exact) mass is 294 g/mol. The zero-order chi connectivity index (χ0) is 14.5. The van der Waals surface area contributed by atoms with Gasteiger partial charge in [-0.2, -0.15) is 11.8 Å². The molecule has 2 N–H and O–H groups in total. The van der Waals surface area contributed by atoms with Crippen molar-refractivity contribution in [2.75, 3.05) is 6.26 Å². The number of carbonyl (C=O) groups excluding carboxylic acids is 1. The minimum Gasteiger partial charge on any atom is -0.477 e. The van der Waals surface area contributed by atoms with Gasteiger partial charge >= 0.3 is 5.97 Å². The van der Waals surface area contributed by atoms with Gasteiger partial charge < -0.3 is 10.4 Å². The van der Waals surface area contributed by atoms with Crippen LogP contribution in [-0.4, -0.2) is 39.5 Å². The maximum absolute atomic E-state index is 12.1. The van der Waals surface area contributed by atoms with Crippen molar-refractivity contribution in [2.24, 2.45) is 0 Å². The maximum atomic E-state index is 12.1. The van der Waals surface area contributed by atoms with Crippen molar-refractivity contribution in [3.63, 3.8) is 0 Å². The molecule has 1 fully saturated rings. The van der Waals surface area contributed by atoms with E-state index in [-0.39, 0.29) is 23.3 Å². The van der Waals surface area contributed by atoms with Crippen LogP contribution in [-0.2, 0) is 0 Å². The lowest BCUT2D eigenvalue weighted by molar-refractivity contribution is 0.0690. The molecule has 1 heterocycles. The van der Waals surface area contributed by atoms with E-state index in [0.29, 0.717) is 5.25 Å². The number of carbonyl (C=O) groups is 2. The Morgan fingerprint density at radius 2 is 1.90 bits per heavy atom. The summed E-state index contributed by atoms with van der Waals surface area (Å²) >= 11 is 1.88. The third-order valence-corrected chi connectivity index (χ3v) is 4.68. The molecule has 0 aromatic carbocycles. The van der Waals surface area contributed by atoms with Crippen LogP contribution >= 0.6 is 11.8 Å². The number of nitrogens with one attached hydrogen (secondary N) is 1. The maximum Gasteiger partial charge on any atom is 0.354 e. The van der Waals surface area contributed by atoms with Crippen LogP contribution in [0, 0.1) is 0 Å². The summed E-state index contributed by atoms with van der Waals surface area (Å²) in [5.41, 5.74) is 0.0561. The molecule has 0 atom stereocenters. The van der Waals surface area contributed by atoms with Crippen molar-refractivity contribution >= 4 is 23.6 Å². The fraction of sp³-hybridized carbons (Fsp3) is 0.500. The van der Waals surface area contributed by atoms with E-state index >= 15 is 0 Å². The summed E-state index contributed by atoms with van der Waals surface area (Å²) in [7, 11) is 0. The number of carboxylic acids is 1. The third-order valence-electron chi connectivity index (χ3n) is 3.54. The normalized spacial score (nSPS) is 22.2. The topological polar surface area (TPSA) is 79.3 Å². The van der Waals surface area contributed by atoms with E-state index in [2.05, 4.69) is 16.6 Å². The first-order valence-corrected chi connectivity index (χ1v) is 7.93. The molecule has 2 rings (SSSR count). The molecule has 1 aliphatic carbocycles. The Kier molecular flexibility index (Phi) is 5.00. The molecule has 108 valence electrons. The molecule has 5 nitrogen and oxygen atoms in total. The van der Waals surface area contributed by atoms with E-state index in [1.807, 2.05) is 11.8 Å². The number of hydrogen-bond donors (Lipinski definition) is 2. The zero-order valence-corrected chi connectivity index (χ0v) is 12.2.